The number of para-hydroxylation sites is 2. The summed E-state index contributed by atoms with van der Waals surface area (Å²) in [6.45, 7) is 0. The molecule has 3 aromatic rings. The Labute approximate surface area is 136 Å². The zero-order valence-electron chi connectivity index (χ0n) is 9.07. The summed E-state index contributed by atoms with van der Waals surface area (Å²) in [6.07, 6.45) is 0. The molecule has 0 saturated carbocycles. The van der Waals surface area contributed by atoms with Gasteiger partial charge in [-0.2, -0.15) is 0 Å². The van der Waals surface area contributed by atoms with Crippen LogP contribution in [0.15, 0.2) is 52.9 Å². The first-order valence-electron chi connectivity index (χ1n) is 4.31. The summed E-state index contributed by atoms with van der Waals surface area (Å²) >= 11 is 0. The van der Waals surface area contributed by atoms with Crippen molar-refractivity contribution in [3.05, 3.63) is 48.5 Å². The van der Waals surface area contributed by atoms with E-state index in [4.69, 9.17) is 4.42 Å². The molecule has 3 rings (SSSR count). The first kappa shape index (κ1) is 22.8. The first-order chi connectivity index (χ1) is 6.45. The molecule has 1 aromatic heterocycles. The second-order valence-electron chi connectivity index (χ2n) is 3.09. The fourth-order valence-electron chi connectivity index (χ4n) is 1.67. The molecular weight excluding hydrogens is 337 g/mol. The van der Waals surface area contributed by atoms with Crippen LogP contribution < -0.4 is 0 Å². The zero-order chi connectivity index (χ0) is 8.67. The molecule has 0 N–H and O–H groups in total. The molecule has 0 radical (unpaired) electrons. The molecule has 0 unspecified atom stereocenters. The van der Waals surface area contributed by atoms with Gasteiger partial charge in [-0.25, -0.2) is 0 Å². The van der Waals surface area contributed by atoms with Crippen molar-refractivity contribution in [3.8, 4) is 0 Å². The van der Waals surface area contributed by atoms with Crippen molar-refractivity contribution >= 4 is 84.0 Å². The van der Waals surface area contributed by atoms with Gasteiger partial charge in [-0.1, -0.05) is 36.4 Å². The highest BCUT2D eigenvalue weighted by atomic mass is 35.5. The van der Waals surface area contributed by atoms with Crippen molar-refractivity contribution in [1.29, 1.82) is 0 Å². The van der Waals surface area contributed by atoms with Gasteiger partial charge in [-0.3, -0.25) is 0 Å². The molecule has 18 heavy (non-hydrogen) atoms. The Bertz CT molecular complexity index is 528. The maximum absolute atomic E-state index is 5.65. The average Bonchev–Trinajstić information content (AvgIpc) is 2.56. The van der Waals surface area contributed by atoms with Crippen molar-refractivity contribution in [2.45, 2.75) is 0 Å². The van der Waals surface area contributed by atoms with Crippen LogP contribution in [0.3, 0.4) is 0 Å². The summed E-state index contributed by atoms with van der Waals surface area (Å²) in [4.78, 5) is 0. The fourth-order valence-corrected chi connectivity index (χ4v) is 1.67. The Kier molecular flexibility index (Phi) is 12.2. The summed E-state index contributed by atoms with van der Waals surface area (Å²) in [6, 6.07) is 16.2. The molecule has 0 bridgehead atoms. The van der Waals surface area contributed by atoms with Gasteiger partial charge in [0.2, 0.25) is 0 Å². The molecule has 0 amide bonds. The van der Waals surface area contributed by atoms with Crippen LogP contribution in [0.5, 0.6) is 0 Å². The molecule has 0 atom stereocenters. The SMILES string of the molecule is Cl.Cl.Cl.Cl.Cl.c1ccc2c(c1)oc1ccccc12. The van der Waals surface area contributed by atoms with Crippen LogP contribution >= 0.6 is 62.0 Å². The van der Waals surface area contributed by atoms with Crippen LogP contribution in [0.25, 0.3) is 21.9 Å². The van der Waals surface area contributed by atoms with E-state index in [-0.39, 0.29) is 62.0 Å². The highest BCUT2D eigenvalue weighted by Crippen LogP contribution is 2.27. The Morgan fingerprint density at radius 2 is 0.833 bits per heavy atom. The van der Waals surface area contributed by atoms with Crippen molar-refractivity contribution in [2.24, 2.45) is 0 Å². The lowest BCUT2D eigenvalue weighted by atomic mass is 10.2. The standard InChI is InChI=1S/C12H8O.5ClH/c1-3-7-11-9(5-1)10-6-2-4-8-12(10)13-11;;;;;/h1-8H;5*1H. The van der Waals surface area contributed by atoms with Crippen molar-refractivity contribution in [3.63, 3.8) is 0 Å². The summed E-state index contributed by atoms with van der Waals surface area (Å²) in [7, 11) is 0. The van der Waals surface area contributed by atoms with Gasteiger partial charge < -0.3 is 4.42 Å². The molecule has 102 valence electrons. The minimum atomic E-state index is 0. The molecule has 0 aliphatic heterocycles. The molecular formula is C12H13Cl5O. The second kappa shape index (κ2) is 9.60. The first-order valence-corrected chi connectivity index (χ1v) is 4.31. The summed E-state index contributed by atoms with van der Waals surface area (Å²) in [5.74, 6) is 0. The van der Waals surface area contributed by atoms with Crippen LogP contribution in [0, 0.1) is 0 Å². The Morgan fingerprint density at radius 3 is 1.22 bits per heavy atom. The van der Waals surface area contributed by atoms with E-state index >= 15 is 0 Å². The van der Waals surface area contributed by atoms with E-state index in [9.17, 15) is 0 Å². The summed E-state index contributed by atoms with van der Waals surface area (Å²) in [5.41, 5.74) is 1.92. The van der Waals surface area contributed by atoms with E-state index in [2.05, 4.69) is 12.1 Å². The van der Waals surface area contributed by atoms with E-state index in [0.29, 0.717) is 0 Å². The molecule has 0 aliphatic carbocycles. The van der Waals surface area contributed by atoms with E-state index < -0.39 is 0 Å². The maximum atomic E-state index is 5.65. The summed E-state index contributed by atoms with van der Waals surface area (Å²) < 4.78 is 5.65. The van der Waals surface area contributed by atoms with E-state index in [0.717, 1.165) is 11.2 Å². The van der Waals surface area contributed by atoms with Crippen LogP contribution in [0.2, 0.25) is 0 Å². The largest absolute Gasteiger partial charge is 0.456 e. The van der Waals surface area contributed by atoms with Gasteiger partial charge in [-0.05, 0) is 12.1 Å². The lowest BCUT2D eigenvalue weighted by Gasteiger charge is -1.85. The quantitative estimate of drug-likeness (QED) is 0.507. The number of fused-ring (bicyclic) bond motifs is 3. The van der Waals surface area contributed by atoms with Gasteiger partial charge in [0.25, 0.3) is 0 Å². The lowest BCUT2D eigenvalue weighted by molar-refractivity contribution is 0.669. The molecule has 0 fully saturated rings. The van der Waals surface area contributed by atoms with Crippen molar-refractivity contribution in [2.75, 3.05) is 0 Å². The zero-order valence-corrected chi connectivity index (χ0v) is 13.2. The van der Waals surface area contributed by atoms with E-state index in [1.54, 1.807) is 0 Å². The van der Waals surface area contributed by atoms with Gasteiger partial charge >= 0.3 is 0 Å². The third-order valence-electron chi connectivity index (χ3n) is 2.28. The normalized spacial score (nSPS) is 8.00. The molecule has 1 heterocycles. The van der Waals surface area contributed by atoms with Crippen molar-refractivity contribution in [1.82, 2.24) is 0 Å². The van der Waals surface area contributed by atoms with Gasteiger partial charge in [0.05, 0.1) is 0 Å². The number of hydrogen-bond donors (Lipinski definition) is 0. The smallest absolute Gasteiger partial charge is 0.135 e. The number of halogens is 5. The molecule has 0 spiro atoms. The predicted molar refractivity (Wildman–Crippen MR) is 90.0 cm³/mol. The molecule has 1 nitrogen and oxygen atoms in total. The summed E-state index contributed by atoms with van der Waals surface area (Å²) in [5, 5.41) is 2.39. The molecule has 6 heteroatoms. The Balaban J connectivity index is -0.000000450. The van der Waals surface area contributed by atoms with Crippen LogP contribution in [-0.2, 0) is 0 Å². The minimum absolute atomic E-state index is 0. The second-order valence-corrected chi connectivity index (χ2v) is 3.09. The lowest BCUT2D eigenvalue weighted by Crippen LogP contribution is -1.62. The van der Waals surface area contributed by atoms with E-state index in [1.165, 1.54) is 10.8 Å². The minimum Gasteiger partial charge on any atom is -0.456 e. The average molecular weight is 351 g/mol. The number of benzene rings is 2. The highest BCUT2D eigenvalue weighted by Gasteiger charge is 2.03. The van der Waals surface area contributed by atoms with Gasteiger partial charge in [-0.15, -0.1) is 62.0 Å². The topological polar surface area (TPSA) is 13.1 Å². The third kappa shape index (κ3) is 3.84. The van der Waals surface area contributed by atoms with E-state index in [1.807, 2.05) is 36.4 Å². The van der Waals surface area contributed by atoms with Crippen LogP contribution in [0.1, 0.15) is 0 Å². The van der Waals surface area contributed by atoms with Crippen LogP contribution in [0.4, 0.5) is 0 Å². The third-order valence-corrected chi connectivity index (χ3v) is 2.28. The molecule has 0 aliphatic rings. The number of hydrogen-bond acceptors (Lipinski definition) is 1. The highest BCUT2D eigenvalue weighted by molar-refractivity contribution is 6.04. The predicted octanol–water partition coefficient (Wildman–Crippen LogP) is 5.70. The van der Waals surface area contributed by atoms with Gasteiger partial charge in [0, 0.05) is 10.8 Å². The fraction of sp³-hybridized carbons (Fsp3) is 0. The van der Waals surface area contributed by atoms with Crippen LogP contribution in [-0.4, -0.2) is 0 Å². The van der Waals surface area contributed by atoms with Crippen molar-refractivity contribution < 1.29 is 4.42 Å². The van der Waals surface area contributed by atoms with Gasteiger partial charge in [0.15, 0.2) is 0 Å². The number of rotatable bonds is 0. The Hall–Kier alpha value is -0.310. The maximum Gasteiger partial charge on any atom is 0.135 e. The molecule has 2 aromatic carbocycles. The molecule has 0 saturated heterocycles. The monoisotopic (exact) mass is 348 g/mol. The number of furan rings is 1. The Morgan fingerprint density at radius 1 is 0.500 bits per heavy atom. The van der Waals surface area contributed by atoms with Gasteiger partial charge in [0.1, 0.15) is 11.2 Å².